The Kier molecular flexibility index (Phi) is 6.29. The fourth-order valence-corrected chi connectivity index (χ4v) is 2.10. The van der Waals surface area contributed by atoms with E-state index in [1.807, 2.05) is 50.2 Å². The van der Waals surface area contributed by atoms with Gasteiger partial charge in [-0.3, -0.25) is 0 Å². The van der Waals surface area contributed by atoms with Crippen molar-refractivity contribution in [2.24, 2.45) is 0 Å². The third kappa shape index (κ3) is 5.21. The van der Waals surface area contributed by atoms with Crippen molar-refractivity contribution in [1.82, 2.24) is 5.32 Å². The molecule has 0 fully saturated rings. The Labute approximate surface area is 136 Å². The van der Waals surface area contributed by atoms with Gasteiger partial charge in [0.05, 0.1) is 13.2 Å². The van der Waals surface area contributed by atoms with E-state index in [1.165, 1.54) is 0 Å². The van der Waals surface area contributed by atoms with E-state index < -0.39 is 0 Å². The first-order chi connectivity index (χ1) is 11.2. The summed E-state index contributed by atoms with van der Waals surface area (Å²) in [5.74, 6) is 1.57. The second-order valence-corrected chi connectivity index (χ2v) is 4.81. The maximum atomic E-state index is 12.0. The number of anilines is 1. The van der Waals surface area contributed by atoms with Gasteiger partial charge in [-0.15, -0.1) is 0 Å². The summed E-state index contributed by atoms with van der Waals surface area (Å²) in [5, 5.41) is 5.61. The largest absolute Gasteiger partial charge is 0.494 e. The third-order valence-electron chi connectivity index (χ3n) is 3.14. The van der Waals surface area contributed by atoms with Crippen molar-refractivity contribution in [3.8, 4) is 11.5 Å². The molecule has 0 radical (unpaired) electrons. The van der Waals surface area contributed by atoms with Crippen LogP contribution in [0.2, 0.25) is 0 Å². The SMILES string of the molecule is CCOc1ccc(NC(=O)NCc2ccccc2OCC)cc1. The predicted molar refractivity (Wildman–Crippen MR) is 91.1 cm³/mol. The van der Waals surface area contributed by atoms with Gasteiger partial charge in [-0.25, -0.2) is 4.79 Å². The number of carbonyl (C=O) groups is 1. The van der Waals surface area contributed by atoms with Gasteiger partial charge in [-0.1, -0.05) is 18.2 Å². The van der Waals surface area contributed by atoms with Crippen LogP contribution < -0.4 is 20.1 Å². The van der Waals surface area contributed by atoms with E-state index in [9.17, 15) is 4.79 Å². The summed E-state index contributed by atoms with van der Waals surface area (Å²) >= 11 is 0. The second kappa shape index (κ2) is 8.68. The molecule has 2 rings (SSSR count). The highest BCUT2D eigenvalue weighted by molar-refractivity contribution is 5.89. The first kappa shape index (κ1) is 16.7. The summed E-state index contributed by atoms with van der Waals surface area (Å²) in [6.07, 6.45) is 0. The van der Waals surface area contributed by atoms with Crippen LogP contribution in [0, 0.1) is 0 Å². The van der Waals surface area contributed by atoms with E-state index >= 15 is 0 Å². The van der Waals surface area contributed by atoms with Crippen molar-refractivity contribution in [3.05, 3.63) is 54.1 Å². The van der Waals surface area contributed by atoms with Gasteiger partial charge < -0.3 is 20.1 Å². The highest BCUT2D eigenvalue weighted by Gasteiger charge is 2.05. The van der Waals surface area contributed by atoms with Gasteiger partial charge in [-0.2, -0.15) is 0 Å². The Balaban J connectivity index is 1.87. The van der Waals surface area contributed by atoms with Crippen LogP contribution in [0.4, 0.5) is 10.5 Å². The van der Waals surface area contributed by atoms with Gasteiger partial charge in [0.15, 0.2) is 0 Å². The summed E-state index contributed by atoms with van der Waals surface area (Å²) in [4.78, 5) is 12.0. The summed E-state index contributed by atoms with van der Waals surface area (Å²) in [7, 11) is 0. The lowest BCUT2D eigenvalue weighted by molar-refractivity contribution is 0.251. The molecule has 0 bridgehead atoms. The molecule has 5 heteroatoms. The van der Waals surface area contributed by atoms with Gasteiger partial charge in [-0.05, 0) is 44.2 Å². The van der Waals surface area contributed by atoms with Crippen LogP contribution in [-0.4, -0.2) is 19.2 Å². The number of carbonyl (C=O) groups excluding carboxylic acids is 1. The van der Waals surface area contributed by atoms with Crippen LogP contribution >= 0.6 is 0 Å². The number of hydrogen-bond donors (Lipinski definition) is 2. The molecule has 2 aromatic rings. The molecule has 0 saturated carbocycles. The number of rotatable bonds is 7. The molecule has 23 heavy (non-hydrogen) atoms. The molecule has 0 atom stereocenters. The van der Waals surface area contributed by atoms with E-state index in [4.69, 9.17) is 9.47 Å². The van der Waals surface area contributed by atoms with E-state index in [1.54, 1.807) is 12.1 Å². The summed E-state index contributed by atoms with van der Waals surface area (Å²) < 4.78 is 10.9. The van der Waals surface area contributed by atoms with Crippen LogP contribution in [0.15, 0.2) is 48.5 Å². The maximum Gasteiger partial charge on any atom is 0.319 e. The van der Waals surface area contributed by atoms with Crippen molar-refractivity contribution < 1.29 is 14.3 Å². The quantitative estimate of drug-likeness (QED) is 0.817. The molecule has 0 aliphatic carbocycles. The molecule has 0 heterocycles. The van der Waals surface area contributed by atoms with Crippen LogP contribution in [0.5, 0.6) is 11.5 Å². The van der Waals surface area contributed by atoms with Crippen molar-refractivity contribution in [2.75, 3.05) is 18.5 Å². The molecule has 0 aromatic heterocycles. The number of benzene rings is 2. The number of ether oxygens (including phenoxy) is 2. The number of urea groups is 1. The molecule has 2 N–H and O–H groups in total. The lowest BCUT2D eigenvalue weighted by Gasteiger charge is -2.12. The molecule has 5 nitrogen and oxygen atoms in total. The highest BCUT2D eigenvalue weighted by Crippen LogP contribution is 2.18. The molecular formula is C18H22N2O3. The molecular weight excluding hydrogens is 292 g/mol. The van der Waals surface area contributed by atoms with E-state index in [0.29, 0.717) is 25.4 Å². The molecule has 2 amide bonds. The maximum absolute atomic E-state index is 12.0. The van der Waals surface area contributed by atoms with Gasteiger partial charge in [0.25, 0.3) is 0 Å². The number of para-hydroxylation sites is 1. The third-order valence-corrected chi connectivity index (χ3v) is 3.14. The zero-order chi connectivity index (χ0) is 16.5. The van der Waals surface area contributed by atoms with Gasteiger partial charge >= 0.3 is 6.03 Å². The molecule has 2 aromatic carbocycles. The van der Waals surface area contributed by atoms with Gasteiger partial charge in [0.1, 0.15) is 11.5 Å². The highest BCUT2D eigenvalue weighted by atomic mass is 16.5. The summed E-state index contributed by atoms with van der Waals surface area (Å²) in [6, 6.07) is 14.6. The number of hydrogen-bond acceptors (Lipinski definition) is 3. The molecule has 0 aliphatic heterocycles. The van der Waals surface area contributed by atoms with Crippen LogP contribution in [-0.2, 0) is 6.54 Å². The Hall–Kier alpha value is -2.69. The minimum atomic E-state index is -0.263. The fraction of sp³-hybridized carbons (Fsp3) is 0.278. The smallest absolute Gasteiger partial charge is 0.319 e. The van der Waals surface area contributed by atoms with Crippen molar-refractivity contribution >= 4 is 11.7 Å². The van der Waals surface area contributed by atoms with Crippen molar-refractivity contribution in [2.45, 2.75) is 20.4 Å². The van der Waals surface area contributed by atoms with Crippen LogP contribution in [0.1, 0.15) is 19.4 Å². The Bertz CT molecular complexity index is 626. The molecule has 0 aliphatic rings. The zero-order valence-corrected chi connectivity index (χ0v) is 13.5. The van der Waals surface area contributed by atoms with E-state index in [-0.39, 0.29) is 6.03 Å². The first-order valence-electron chi connectivity index (χ1n) is 7.71. The summed E-state index contributed by atoms with van der Waals surface area (Å²) in [6.45, 7) is 5.48. The van der Waals surface area contributed by atoms with Crippen molar-refractivity contribution in [3.63, 3.8) is 0 Å². The van der Waals surface area contributed by atoms with Crippen molar-refractivity contribution in [1.29, 1.82) is 0 Å². The Morgan fingerprint density at radius 3 is 2.35 bits per heavy atom. The van der Waals surface area contributed by atoms with Crippen LogP contribution in [0.25, 0.3) is 0 Å². The normalized spacial score (nSPS) is 10.0. The lowest BCUT2D eigenvalue weighted by atomic mass is 10.2. The number of nitrogens with one attached hydrogen (secondary N) is 2. The Morgan fingerprint density at radius 2 is 1.65 bits per heavy atom. The predicted octanol–water partition coefficient (Wildman–Crippen LogP) is 3.81. The van der Waals surface area contributed by atoms with E-state index in [2.05, 4.69) is 10.6 Å². The average Bonchev–Trinajstić information content (AvgIpc) is 2.56. The number of amides is 2. The monoisotopic (exact) mass is 314 g/mol. The molecule has 0 unspecified atom stereocenters. The lowest BCUT2D eigenvalue weighted by Crippen LogP contribution is -2.28. The standard InChI is InChI=1S/C18H22N2O3/c1-3-22-16-11-9-15(10-12-16)20-18(21)19-13-14-7-5-6-8-17(14)23-4-2/h5-12H,3-4,13H2,1-2H3,(H2,19,20,21). The minimum Gasteiger partial charge on any atom is -0.494 e. The minimum absolute atomic E-state index is 0.263. The fourth-order valence-electron chi connectivity index (χ4n) is 2.10. The molecule has 0 spiro atoms. The molecule has 0 saturated heterocycles. The second-order valence-electron chi connectivity index (χ2n) is 4.81. The molecule has 122 valence electrons. The Morgan fingerprint density at radius 1 is 0.957 bits per heavy atom. The van der Waals surface area contributed by atoms with Gasteiger partial charge in [0.2, 0.25) is 0 Å². The van der Waals surface area contributed by atoms with Crippen LogP contribution in [0.3, 0.4) is 0 Å². The average molecular weight is 314 g/mol. The van der Waals surface area contributed by atoms with Gasteiger partial charge in [0, 0.05) is 17.8 Å². The zero-order valence-electron chi connectivity index (χ0n) is 13.5. The summed E-state index contributed by atoms with van der Waals surface area (Å²) in [5.41, 5.74) is 1.65. The topological polar surface area (TPSA) is 59.6 Å². The van der Waals surface area contributed by atoms with E-state index in [0.717, 1.165) is 17.1 Å². The first-order valence-corrected chi connectivity index (χ1v) is 7.71.